The van der Waals surface area contributed by atoms with Gasteiger partial charge in [0.15, 0.2) is 6.10 Å². The zero-order chi connectivity index (χ0) is 45.8. The van der Waals surface area contributed by atoms with Crippen LogP contribution in [-0.2, 0) is 28.6 Å². The molecular formula is C57H90O6. The maximum Gasteiger partial charge on any atom is 0.309 e. The summed E-state index contributed by atoms with van der Waals surface area (Å²) in [6, 6.07) is 0. The van der Waals surface area contributed by atoms with Crippen LogP contribution in [-0.4, -0.2) is 37.2 Å². The monoisotopic (exact) mass is 871 g/mol. The van der Waals surface area contributed by atoms with Crippen molar-refractivity contribution in [1.82, 2.24) is 0 Å². The summed E-state index contributed by atoms with van der Waals surface area (Å²) in [5.41, 5.74) is 0. The highest BCUT2D eigenvalue weighted by Gasteiger charge is 2.19. The molecule has 0 saturated heterocycles. The Labute approximate surface area is 386 Å². The van der Waals surface area contributed by atoms with Crippen LogP contribution in [0.3, 0.4) is 0 Å². The molecule has 0 rings (SSSR count). The molecule has 0 spiro atoms. The summed E-state index contributed by atoms with van der Waals surface area (Å²) in [7, 11) is 0. The number of allylic oxidation sites excluding steroid dienone is 19. The molecule has 6 nitrogen and oxygen atoms in total. The third-order valence-electron chi connectivity index (χ3n) is 9.96. The van der Waals surface area contributed by atoms with E-state index in [4.69, 9.17) is 14.2 Å². The van der Waals surface area contributed by atoms with Gasteiger partial charge in [0.1, 0.15) is 13.2 Å². The van der Waals surface area contributed by atoms with Crippen LogP contribution < -0.4 is 0 Å². The Morgan fingerprint density at radius 1 is 0.349 bits per heavy atom. The van der Waals surface area contributed by atoms with Crippen LogP contribution in [0.25, 0.3) is 0 Å². The average molecular weight is 871 g/mol. The molecule has 354 valence electrons. The van der Waals surface area contributed by atoms with Crippen LogP contribution in [0, 0.1) is 0 Å². The number of carbonyl (C=O) groups excluding carboxylic acids is 3. The SMILES string of the molecule is CC/C=C\C/C=C\C/C=C\CCCCCCCCCCCC(=O)OCC(COC(=O)C/C=C\C/C=C\C/C=C\CC)OC(=O)CCC/C=C\C/C=C\C/C=C\C/C=C\CCCCC. The predicted octanol–water partition coefficient (Wildman–Crippen LogP) is 16.5. The van der Waals surface area contributed by atoms with Crippen LogP contribution in [0.1, 0.15) is 201 Å². The first-order chi connectivity index (χ1) is 31.0. The van der Waals surface area contributed by atoms with E-state index in [9.17, 15) is 14.4 Å². The summed E-state index contributed by atoms with van der Waals surface area (Å²) in [6.45, 7) is 6.21. The number of rotatable bonds is 43. The molecule has 0 aromatic heterocycles. The Hall–Kier alpha value is -4.19. The molecule has 0 fully saturated rings. The van der Waals surface area contributed by atoms with E-state index < -0.39 is 18.0 Å². The number of hydrogen-bond acceptors (Lipinski definition) is 6. The Morgan fingerprint density at radius 2 is 0.698 bits per heavy atom. The van der Waals surface area contributed by atoms with Crippen molar-refractivity contribution < 1.29 is 28.6 Å². The number of carbonyl (C=O) groups is 3. The van der Waals surface area contributed by atoms with Gasteiger partial charge >= 0.3 is 17.9 Å². The minimum absolute atomic E-state index is 0.118. The van der Waals surface area contributed by atoms with E-state index in [0.29, 0.717) is 12.8 Å². The van der Waals surface area contributed by atoms with Gasteiger partial charge in [-0.3, -0.25) is 14.4 Å². The fourth-order valence-corrected chi connectivity index (χ4v) is 6.27. The maximum atomic E-state index is 12.7. The van der Waals surface area contributed by atoms with Crippen LogP contribution >= 0.6 is 0 Å². The fraction of sp³-hybridized carbons (Fsp3) is 0.596. The third-order valence-corrected chi connectivity index (χ3v) is 9.96. The van der Waals surface area contributed by atoms with Gasteiger partial charge in [0, 0.05) is 12.8 Å². The Balaban J connectivity index is 4.48. The molecule has 6 heteroatoms. The summed E-state index contributed by atoms with van der Waals surface area (Å²) in [6.07, 6.45) is 69.4. The molecule has 0 N–H and O–H groups in total. The molecule has 0 saturated carbocycles. The van der Waals surface area contributed by atoms with Crippen molar-refractivity contribution >= 4 is 17.9 Å². The van der Waals surface area contributed by atoms with Gasteiger partial charge in [-0.2, -0.15) is 0 Å². The first kappa shape index (κ1) is 58.8. The van der Waals surface area contributed by atoms with Gasteiger partial charge in [0.05, 0.1) is 6.42 Å². The lowest BCUT2D eigenvalue weighted by Gasteiger charge is -2.18. The van der Waals surface area contributed by atoms with Crippen LogP contribution in [0.2, 0.25) is 0 Å². The van der Waals surface area contributed by atoms with Gasteiger partial charge in [-0.15, -0.1) is 0 Å². The Kier molecular flexibility index (Phi) is 47.1. The van der Waals surface area contributed by atoms with E-state index >= 15 is 0 Å². The van der Waals surface area contributed by atoms with Crippen molar-refractivity contribution in [3.8, 4) is 0 Å². The predicted molar refractivity (Wildman–Crippen MR) is 269 cm³/mol. The van der Waals surface area contributed by atoms with Crippen molar-refractivity contribution in [2.45, 2.75) is 207 Å². The van der Waals surface area contributed by atoms with Crippen molar-refractivity contribution in [2.75, 3.05) is 13.2 Å². The lowest BCUT2D eigenvalue weighted by atomic mass is 10.1. The molecular weight excluding hydrogens is 781 g/mol. The summed E-state index contributed by atoms with van der Waals surface area (Å²) in [4.78, 5) is 37.8. The van der Waals surface area contributed by atoms with Crippen molar-refractivity contribution in [2.24, 2.45) is 0 Å². The molecule has 0 aliphatic heterocycles. The quantitative estimate of drug-likeness (QED) is 0.0263. The van der Waals surface area contributed by atoms with Crippen molar-refractivity contribution in [3.63, 3.8) is 0 Å². The third kappa shape index (κ3) is 48.7. The molecule has 0 heterocycles. The van der Waals surface area contributed by atoms with E-state index in [1.54, 1.807) is 6.08 Å². The lowest BCUT2D eigenvalue weighted by Crippen LogP contribution is -2.30. The minimum atomic E-state index is -0.846. The molecule has 0 aliphatic rings. The largest absolute Gasteiger partial charge is 0.462 e. The standard InChI is InChI=1S/C57H90O6/c1-4-7-10-13-16-19-21-23-25-27-28-30-31-33-35-38-41-44-47-50-56(59)62-53-54(52-61-55(58)49-46-43-40-37-18-15-12-9-6-3)63-57(60)51-48-45-42-39-36-34-32-29-26-24-22-20-17-14-11-8-5-2/h7,9-10,12,16-20,23-26,32,34,37,39,42-43,46,54H,4-6,8,11,13-15,21-22,27-31,33,35-36,38,40-41,44-45,47-53H2,1-3H3/b10-7-,12-9-,19-16-,20-17-,25-23-,26-24-,34-32-,37-18-,42-39-,46-43-. The Bertz CT molecular complexity index is 1370. The highest BCUT2D eigenvalue weighted by atomic mass is 16.6. The highest BCUT2D eigenvalue weighted by Crippen LogP contribution is 2.13. The molecule has 0 aliphatic carbocycles. The first-order valence-electron chi connectivity index (χ1n) is 25.0. The molecule has 0 aromatic carbocycles. The van der Waals surface area contributed by atoms with Crippen LogP contribution in [0.15, 0.2) is 122 Å². The van der Waals surface area contributed by atoms with Crippen LogP contribution in [0.4, 0.5) is 0 Å². The van der Waals surface area contributed by atoms with Gasteiger partial charge in [-0.05, 0) is 103 Å². The summed E-state index contributed by atoms with van der Waals surface area (Å²) in [5.74, 6) is -1.13. The van der Waals surface area contributed by atoms with Gasteiger partial charge < -0.3 is 14.2 Å². The molecule has 0 aromatic rings. The average Bonchev–Trinajstić information content (AvgIpc) is 3.28. The molecule has 1 unspecified atom stereocenters. The van der Waals surface area contributed by atoms with Gasteiger partial charge in [-0.25, -0.2) is 0 Å². The van der Waals surface area contributed by atoms with Gasteiger partial charge in [0.25, 0.3) is 0 Å². The van der Waals surface area contributed by atoms with E-state index in [1.807, 2.05) is 6.08 Å². The number of hydrogen-bond donors (Lipinski definition) is 0. The molecule has 63 heavy (non-hydrogen) atoms. The zero-order valence-corrected chi connectivity index (χ0v) is 40.3. The second-order valence-electron chi connectivity index (χ2n) is 16.0. The molecule has 0 radical (unpaired) electrons. The molecule has 0 bridgehead atoms. The summed E-state index contributed by atoms with van der Waals surface area (Å²) in [5, 5.41) is 0. The van der Waals surface area contributed by atoms with E-state index in [-0.39, 0.29) is 32.0 Å². The van der Waals surface area contributed by atoms with Gasteiger partial charge in [-0.1, -0.05) is 200 Å². The summed E-state index contributed by atoms with van der Waals surface area (Å²) < 4.78 is 16.6. The lowest BCUT2D eigenvalue weighted by molar-refractivity contribution is -0.166. The molecule has 0 amide bonds. The second kappa shape index (κ2) is 50.5. The van der Waals surface area contributed by atoms with E-state index in [2.05, 4.69) is 130 Å². The van der Waals surface area contributed by atoms with E-state index in [0.717, 1.165) is 89.9 Å². The van der Waals surface area contributed by atoms with Crippen LogP contribution in [0.5, 0.6) is 0 Å². The maximum absolute atomic E-state index is 12.7. The summed E-state index contributed by atoms with van der Waals surface area (Å²) >= 11 is 0. The zero-order valence-electron chi connectivity index (χ0n) is 40.3. The Morgan fingerprint density at radius 3 is 1.16 bits per heavy atom. The fourth-order valence-electron chi connectivity index (χ4n) is 6.27. The topological polar surface area (TPSA) is 78.9 Å². The van der Waals surface area contributed by atoms with E-state index in [1.165, 1.54) is 64.2 Å². The number of unbranched alkanes of at least 4 members (excludes halogenated alkanes) is 13. The number of ether oxygens (including phenoxy) is 3. The highest BCUT2D eigenvalue weighted by molar-refractivity contribution is 5.72. The smallest absolute Gasteiger partial charge is 0.309 e. The van der Waals surface area contributed by atoms with Crippen molar-refractivity contribution in [1.29, 1.82) is 0 Å². The van der Waals surface area contributed by atoms with Crippen molar-refractivity contribution in [3.05, 3.63) is 122 Å². The molecule has 1 atom stereocenters. The second-order valence-corrected chi connectivity index (χ2v) is 16.0. The first-order valence-corrected chi connectivity index (χ1v) is 25.0. The van der Waals surface area contributed by atoms with Gasteiger partial charge in [0.2, 0.25) is 0 Å². The normalized spacial score (nSPS) is 13.1. The minimum Gasteiger partial charge on any atom is -0.462 e. The number of esters is 3.